The molecule has 1 aliphatic carbocycles. The average molecular weight is 261 g/mol. The lowest BCUT2D eigenvalue weighted by atomic mass is 9.94. The maximum atomic E-state index is 12.9. The summed E-state index contributed by atoms with van der Waals surface area (Å²) in [6.45, 7) is 4.16. The molecule has 0 spiro atoms. The Morgan fingerprint density at radius 3 is 2.25 bits per heavy atom. The van der Waals surface area contributed by atoms with Gasteiger partial charge in [0.05, 0.1) is 5.41 Å². The average Bonchev–Trinajstić information content (AvgIpc) is 3.21. The van der Waals surface area contributed by atoms with E-state index in [0.717, 1.165) is 23.4 Å². The van der Waals surface area contributed by atoms with E-state index in [4.69, 9.17) is 0 Å². The fourth-order valence-electron chi connectivity index (χ4n) is 3.43. The van der Waals surface area contributed by atoms with Crippen LogP contribution in [0.25, 0.3) is 0 Å². The van der Waals surface area contributed by atoms with E-state index in [9.17, 15) is 4.79 Å². The highest BCUT2D eigenvalue weighted by molar-refractivity contribution is 6.10. The first-order chi connectivity index (χ1) is 9.75. The second-order valence-electron chi connectivity index (χ2n) is 5.56. The lowest BCUT2D eigenvalue weighted by molar-refractivity contribution is -0.119. The van der Waals surface area contributed by atoms with Gasteiger partial charge in [-0.1, -0.05) is 55.1 Å². The number of benzene rings is 2. The number of amides is 1. The molecule has 1 amide bonds. The van der Waals surface area contributed by atoms with Crippen molar-refractivity contribution in [2.45, 2.75) is 11.8 Å². The zero-order valence-corrected chi connectivity index (χ0v) is 11.1. The zero-order chi connectivity index (χ0) is 13.7. The van der Waals surface area contributed by atoms with Gasteiger partial charge in [-0.2, -0.15) is 0 Å². The normalized spacial score (nSPS) is 27.6. The summed E-state index contributed by atoms with van der Waals surface area (Å²) in [5.41, 5.74) is 2.62. The Labute approximate surface area is 118 Å². The quantitative estimate of drug-likeness (QED) is 0.810. The summed E-state index contributed by atoms with van der Waals surface area (Å²) in [5, 5.41) is 0. The Balaban J connectivity index is 1.79. The second-order valence-corrected chi connectivity index (χ2v) is 5.56. The minimum atomic E-state index is -0.353. The highest BCUT2D eigenvalue weighted by atomic mass is 16.2. The summed E-state index contributed by atoms with van der Waals surface area (Å²) < 4.78 is 0. The van der Waals surface area contributed by atoms with Crippen molar-refractivity contribution in [3.63, 3.8) is 0 Å². The number of carbonyl (C=O) groups excluding carboxylic acids is 1. The number of piperidine rings is 1. The maximum Gasteiger partial charge on any atom is 0.242 e. The van der Waals surface area contributed by atoms with Gasteiger partial charge in [0.25, 0.3) is 0 Å². The fraction of sp³-hybridized carbons (Fsp3) is 0.167. The predicted octanol–water partition coefficient (Wildman–Crippen LogP) is 3.50. The van der Waals surface area contributed by atoms with E-state index in [1.165, 1.54) is 0 Å². The van der Waals surface area contributed by atoms with Crippen molar-refractivity contribution in [2.24, 2.45) is 5.92 Å². The van der Waals surface area contributed by atoms with Gasteiger partial charge in [0, 0.05) is 17.3 Å². The summed E-state index contributed by atoms with van der Waals surface area (Å²) in [5.74, 6) is 0.433. The van der Waals surface area contributed by atoms with Crippen molar-refractivity contribution in [3.05, 3.63) is 78.5 Å². The molecule has 2 atom stereocenters. The molecule has 2 aromatic carbocycles. The van der Waals surface area contributed by atoms with Gasteiger partial charge in [0.1, 0.15) is 0 Å². The topological polar surface area (TPSA) is 20.3 Å². The molecule has 2 aliphatic rings. The van der Waals surface area contributed by atoms with E-state index >= 15 is 0 Å². The largest absolute Gasteiger partial charge is 0.284 e. The number of rotatable bonds is 2. The third kappa shape index (κ3) is 1.31. The molecule has 2 nitrogen and oxygen atoms in total. The number of para-hydroxylation sites is 1. The second kappa shape index (κ2) is 3.83. The van der Waals surface area contributed by atoms with Crippen LogP contribution in [0, 0.1) is 5.92 Å². The molecule has 4 rings (SSSR count). The van der Waals surface area contributed by atoms with Crippen molar-refractivity contribution in [1.82, 2.24) is 0 Å². The predicted molar refractivity (Wildman–Crippen MR) is 79.3 cm³/mol. The van der Waals surface area contributed by atoms with E-state index in [1.54, 1.807) is 4.90 Å². The summed E-state index contributed by atoms with van der Waals surface area (Å²) in [7, 11) is 0. The van der Waals surface area contributed by atoms with Crippen LogP contribution in [-0.2, 0) is 10.2 Å². The summed E-state index contributed by atoms with van der Waals surface area (Å²) in [6, 6.07) is 19.9. The molecule has 98 valence electrons. The third-order valence-corrected chi connectivity index (χ3v) is 4.54. The maximum absolute atomic E-state index is 12.9. The molecule has 1 saturated heterocycles. The van der Waals surface area contributed by atoms with Crippen molar-refractivity contribution in [3.8, 4) is 0 Å². The molecule has 1 heterocycles. The van der Waals surface area contributed by atoms with Crippen molar-refractivity contribution in [1.29, 1.82) is 0 Å². The minimum absolute atomic E-state index is 0.171. The van der Waals surface area contributed by atoms with Crippen LogP contribution < -0.4 is 4.90 Å². The Morgan fingerprint density at radius 1 is 1.00 bits per heavy atom. The van der Waals surface area contributed by atoms with Gasteiger partial charge in [0.15, 0.2) is 0 Å². The summed E-state index contributed by atoms with van der Waals surface area (Å²) >= 11 is 0. The molecule has 2 unspecified atom stereocenters. The van der Waals surface area contributed by atoms with Gasteiger partial charge < -0.3 is 0 Å². The van der Waals surface area contributed by atoms with Crippen molar-refractivity contribution >= 4 is 11.6 Å². The number of anilines is 1. The highest BCUT2D eigenvalue weighted by Crippen LogP contribution is 2.64. The van der Waals surface area contributed by atoms with Crippen LogP contribution in [0.3, 0.4) is 0 Å². The smallest absolute Gasteiger partial charge is 0.242 e. The monoisotopic (exact) mass is 261 g/mol. The molecule has 2 aromatic rings. The van der Waals surface area contributed by atoms with E-state index in [-0.39, 0.29) is 17.2 Å². The summed E-state index contributed by atoms with van der Waals surface area (Å²) in [6.07, 6.45) is 0.901. The van der Waals surface area contributed by atoms with E-state index in [0.29, 0.717) is 0 Å². The molecule has 0 bridgehead atoms. The molecule has 20 heavy (non-hydrogen) atoms. The molecule has 1 saturated carbocycles. The molecule has 2 heteroatoms. The Morgan fingerprint density at radius 2 is 1.60 bits per heavy atom. The SMILES string of the molecule is C=C1C2CC2(c2ccccc2)C(=O)N1c1ccccc1. The number of hydrogen-bond acceptors (Lipinski definition) is 1. The van der Waals surface area contributed by atoms with Gasteiger partial charge in [-0.15, -0.1) is 0 Å². The van der Waals surface area contributed by atoms with Crippen LogP contribution >= 0.6 is 0 Å². The molecule has 0 aromatic heterocycles. The van der Waals surface area contributed by atoms with E-state index in [1.807, 2.05) is 48.5 Å². The van der Waals surface area contributed by atoms with E-state index < -0.39 is 0 Å². The number of fused-ring (bicyclic) bond motifs is 1. The number of nitrogens with zero attached hydrogens (tertiary/aromatic N) is 1. The summed E-state index contributed by atoms with van der Waals surface area (Å²) in [4.78, 5) is 14.7. The Kier molecular flexibility index (Phi) is 2.19. The highest BCUT2D eigenvalue weighted by Gasteiger charge is 2.69. The molecular weight excluding hydrogens is 246 g/mol. The van der Waals surface area contributed by atoms with Crippen LogP contribution in [0.15, 0.2) is 72.9 Å². The first kappa shape index (κ1) is 11.5. The van der Waals surface area contributed by atoms with Crippen molar-refractivity contribution < 1.29 is 4.79 Å². The first-order valence-electron chi connectivity index (χ1n) is 6.89. The molecule has 0 N–H and O–H groups in total. The number of carbonyl (C=O) groups is 1. The molecular formula is C18H15NO. The lowest BCUT2D eigenvalue weighted by Gasteiger charge is -2.22. The number of allylic oxidation sites excluding steroid dienone is 1. The standard InChI is InChI=1S/C18H15NO/c1-13-16-12-18(16,14-8-4-2-5-9-14)17(20)19(13)15-10-6-3-7-11-15/h2-11,16H,1,12H2. The molecule has 0 radical (unpaired) electrons. The van der Waals surface area contributed by atoms with Gasteiger partial charge in [-0.25, -0.2) is 0 Å². The van der Waals surface area contributed by atoms with E-state index in [2.05, 4.69) is 18.7 Å². The van der Waals surface area contributed by atoms with Gasteiger partial charge in [0.2, 0.25) is 5.91 Å². The lowest BCUT2D eigenvalue weighted by Crippen LogP contribution is -2.32. The fourth-order valence-corrected chi connectivity index (χ4v) is 3.43. The van der Waals surface area contributed by atoms with Crippen LogP contribution in [-0.4, -0.2) is 5.91 Å². The van der Waals surface area contributed by atoms with Gasteiger partial charge in [-0.3, -0.25) is 9.69 Å². The van der Waals surface area contributed by atoms with Crippen LogP contribution in [0.1, 0.15) is 12.0 Å². The first-order valence-corrected chi connectivity index (χ1v) is 6.89. The van der Waals surface area contributed by atoms with Crippen LogP contribution in [0.2, 0.25) is 0 Å². The van der Waals surface area contributed by atoms with Crippen molar-refractivity contribution in [2.75, 3.05) is 4.90 Å². The number of hydrogen-bond donors (Lipinski definition) is 0. The van der Waals surface area contributed by atoms with Crippen LogP contribution in [0.5, 0.6) is 0 Å². The van der Waals surface area contributed by atoms with Gasteiger partial charge in [-0.05, 0) is 24.1 Å². The molecule has 2 fully saturated rings. The third-order valence-electron chi connectivity index (χ3n) is 4.54. The van der Waals surface area contributed by atoms with Crippen LogP contribution in [0.4, 0.5) is 5.69 Å². The Bertz CT molecular complexity index is 692. The van der Waals surface area contributed by atoms with Gasteiger partial charge >= 0.3 is 0 Å². The zero-order valence-electron chi connectivity index (χ0n) is 11.1. The Hall–Kier alpha value is -2.35. The minimum Gasteiger partial charge on any atom is -0.284 e. The molecule has 1 aliphatic heterocycles.